The molecule has 0 aliphatic carbocycles. The third kappa shape index (κ3) is 3.88. The van der Waals surface area contributed by atoms with Crippen molar-refractivity contribution in [3.8, 4) is 0 Å². The zero-order valence-corrected chi connectivity index (χ0v) is 12.6. The van der Waals surface area contributed by atoms with E-state index in [1.54, 1.807) is 31.9 Å². The van der Waals surface area contributed by atoms with Gasteiger partial charge in [-0.1, -0.05) is 5.16 Å². The van der Waals surface area contributed by atoms with Crippen LogP contribution in [0.5, 0.6) is 0 Å². The number of rotatable bonds is 5. The number of amides is 1. The molecule has 0 spiro atoms. The van der Waals surface area contributed by atoms with Crippen molar-refractivity contribution in [3.05, 3.63) is 47.2 Å². The molecule has 0 aliphatic rings. The van der Waals surface area contributed by atoms with Gasteiger partial charge in [-0.05, 0) is 39.1 Å². The first kappa shape index (κ1) is 16.1. The summed E-state index contributed by atoms with van der Waals surface area (Å²) < 4.78 is 31.9. The van der Waals surface area contributed by atoms with Crippen LogP contribution in [0.15, 0.2) is 28.8 Å². The molecule has 1 amide bonds. The van der Waals surface area contributed by atoms with Crippen molar-refractivity contribution in [1.29, 1.82) is 0 Å². The minimum atomic E-state index is -0.516. The van der Waals surface area contributed by atoms with Crippen molar-refractivity contribution in [3.63, 3.8) is 0 Å². The van der Waals surface area contributed by atoms with Gasteiger partial charge in [-0.25, -0.2) is 8.78 Å². The maximum atomic E-state index is 13.8. The lowest BCUT2D eigenvalue weighted by Gasteiger charge is -2.24. The summed E-state index contributed by atoms with van der Waals surface area (Å²) in [7, 11) is 1.65. The lowest BCUT2D eigenvalue weighted by Crippen LogP contribution is -2.32. The average molecular weight is 309 g/mol. The maximum Gasteiger partial charge on any atom is 0.240 e. The largest absolute Gasteiger partial charge is 0.338 e. The highest BCUT2D eigenvalue weighted by atomic mass is 19.1. The van der Waals surface area contributed by atoms with Gasteiger partial charge in [-0.15, -0.1) is 0 Å². The lowest BCUT2D eigenvalue weighted by molar-refractivity contribution is -0.117. The molecule has 118 valence electrons. The van der Waals surface area contributed by atoms with E-state index in [1.807, 2.05) is 0 Å². The number of carbonyl (C=O) groups excluding carboxylic acids is 1. The number of benzene rings is 1. The van der Waals surface area contributed by atoms with E-state index >= 15 is 0 Å². The molecular weight excluding hydrogens is 292 g/mol. The second-order valence-corrected chi connectivity index (χ2v) is 5.14. The summed E-state index contributed by atoms with van der Waals surface area (Å²) in [5.74, 6) is -1.10. The molecular formula is C15H17F2N3O2. The monoisotopic (exact) mass is 309 g/mol. The van der Waals surface area contributed by atoms with E-state index in [-0.39, 0.29) is 23.9 Å². The molecule has 22 heavy (non-hydrogen) atoms. The summed E-state index contributed by atoms with van der Waals surface area (Å²) in [6.45, 7) is 3.43. The Morgan fingerprint density at radius 1 is 1.41 bits per heavy atom. The van der Waals surface area contributed by atoms with Gasteiger partial charge in [0.15, 0.2) is 0 Å². The van der Waals surface area contributed by atoms with Crippen LogP contribution in [-0.2, 0) is 4.79 Å². The minimum Gasteiger partial charge on any atom is -0.338 e. The van der Waals surface area contributed by atoms with E-state index < -0.39 is 17.7 Å². The van der Waals surface area contributed by atoms with Gasteiger partial charge in [-0.3, -0.25) is 15.0 Å². The van der Waals surface area contributed by atoms with E-state index in [0.717, 1.165) is 18.2 Å². The van der Waals surface area contributed by atoms with E-state index in [0.29, 0.717) is 5.69 Å². The number of nitrogens with zero attached hydrogens (tertiary/aromatic N) is 2. The molecule has 1 atom stereocenters. The standard InChI is InChI=1S/C15H17F2N3O2/c1-9-6-15(22-19-9)18-14(21)8-20(3)10(2)12-7-11(16)4-5-13(12)17/h4-7,10H,8H2,1-3H3,(H,18,21). The Morgan fingerprint density at radius 3 is 2.77 bits per heavy atom. The summed E-state index contributed by atoms with van der Waals surface area (Å²) in [6.07, 6.45) is 0. The number of anilines is 1. The average Bonchev–Trinajstić information content (AvgIpc) is 2.85. The summed E-state index contributed by atoms with van der Waals surface area (Å²) in [4.78, 5) is 13.5. The first-order valence-corrected chi connectivity index (χ1v) is 6.75. The molecule has 1 aromatic heterocycles. The smallest absolute Gasteiger partial charge is 0.240 e. The van der Waals surface area contributed by atoms with Crippen LogP contribution in [0.4, 0.5) is 14.7 Å². The van der Waals surface area contributed by atoms with Crippen molar-refractivity contribution in [2.45, 2.75) is 19.9 Å². The molecule has 0 saturated heterocycles. The van der Waals surface area contributed by atoms with E-state index in [1.165, 1.54) is 0 Å². The fraction of sp³-hybridized carbons (Fsp3) is 0.333. The van der Waals surface area contributed by atoms with Crippen molar-refractivity contribution in [1.82, 2.24) is 10.1 Å². The molecule has 1 heterocycles. The summed E-state index contributed by atoms with van der Waals surface area (Å²) >= 11 is 0. The number of carbonyl (C=O) groups is 1. The van der Waals surface area contributed by atoms with Crippen LogP contribution in [0.25, 0.3) is 0 Å². The second kappa shape index (κ2) is 6.65. The number of hydrogen-bond acceptors (Lipinski definition) is 4. The Kier molecular flexibility index (Phi) is 4.87. The fourth-order valence-electron chi connectivity index (χ4n) is 2.04. The van der Waals surface area contributed by atoms with E-state index in [4.69, 9.17) is 4.52 Å². The SMILES string of the molecule is Cc1cc(NC(=O)CN(C)C(C)c2cc(F)ccc2F)on1. The van der Waals surface area contributed by atoms with Gasteiger partial charge in [0.1, 0.15) is 11.6 Å². The molecule has 0 bridgehead atoms. The highest BCUT2D eigenvalue weighted by Crippen LogP contribution is 2.22. The van der Waals surface area contributed by atoms with E-state index in [9.17, 15) is 13.6 Å². The third-order valence-corrected chi connectivity index (χ3v) is 3.35. The second-order valence-electron chi connectivity index (χ2n) is 5.14. The molecule has 5 nitrogen and oxygen atoms in total. The van der Waals surface area contributed by atoms with Gasteiger partial charge in [-0.2, -0.15) is 0 Å². The van der Waals surface area contributed by atoms with Gasteiger partial charge in [0.2, 0.25) is 11.8 Å². The molecule has 0 saturated carbocycles. The third-order valence-electron chi connectivity index (χ3n) is 3.35. The first-order chi connectivity index (χ1) is 10.4. The predicted octanol–water partition coefficient (Wildman–Crippen LogP) is 2.89. The normalized spacial score (nSPS) is 12.5. The van der Waals surface area contributed by atoms with E-state index in [2.05, 4.69) is 10.5 Å². The van der Waals surface area contributed by atoms with Crippen LogP contribution >= 0.6 is 0 Å². The maximum absolute atomic E-state index is 13.8. The van der Waals surface area contributed by atoms with Crippen LogP contribution in [0.1, 0.15) is 24.2 Å². The molecule has 2 rings (SSSR count). The van der Waals surface area contributed by atoms with Crippen molar-refractivity contribution >= 4 is 11.8 Å². The molecule has 1 N–H and O–H groups in total. The minimum absolute atomic E-state index is 0.00311. The lowest BCUT2D eigenvalue weighted by atomic mass is 10.1. The van der Waals surface area contributed by atoms with Crippen molar-refractivity contribution in [2.24, 2.45) is 0 Å². The zero-order chi connectivity index (χ0) is 16.3. The number of halogens is 2. The van der Waals surface area contributed by atoms with Crippen LogP contribution in [-0.4, -0.2) is 29.6 Å². The number of aromatic nitrogens is 1. The highest BCUT2D eigenvalue weighted by molar-refractivity contribution is 5.90. The number of nitrogens with one attached hydrogen (secondary N) is 1. The fourth-order valence-corrected chi connectivity index (χ4v) is 2.04. The van der Waals surface area contributed by atoms with Crippen LogP contribution in [0.2, 0.25) is 0 Å². The first-order valence-electron chi connectivity index (χ1n) is 6.75. The molecule has 1 aromatic carbocycles. The molecule has 0 aliphatic heterocycles. The highest BCUT2D eigenvalue weighted by Gasteiger charge is 2.19. The summed E-state index contributed by atoms with van der Waals surface area (Å²) in [5.41, 5.74) is 0.852. The van der Waals surface area contributed by atoms with Crippen LogP contribution < -0.4 is 5.32 Å². The molecule has 0 fully saturated rings. The quantitative estimate of drug-likeness (QED) is 0.922. The molecule has 2 aromatic rings. The summed E-state index contributed by atoms with van der Waals surface area (Å²) in [6, 6.07) is 4.40. The van der Waals surface area contributed by atoms with Gasteiger partial charge in [0.25, 0.3) is 0 Å². The number of hydrogen-bond donors (Lipinski definition) is 1. The Bertz CT molecular complexity index is 673. The Morgan fingerprint density at radius 2 is 2.14 bits per heavy atom. The van der Waals surface area contributed by atoms with Gasteiger partial charge >= 0.3 is 0 Å². The number of aryl methyl sites for hydroxylation is 1. The van der Waals surface area contributed by atoms with Gasteiger partial charge < -0.3 is 4.52 Å². The topological polar surface area (TPSA) is 58.4 Å². The number of likely N-dealkylation sites (N-methyl/N-ethyl adjacent to an activating group) is 1. The molecule has 0 radical (unpaired) electrons. The van der Waals surface area contributed by atoms with Crippen molar-refractivity contribution in [2.75, 3.05) is 18.9 Å². The molecule has 1 unspecified atom stereocenters. The van der Waals surface area contributed by atoms with Crippen molar-refractivity contribution < 1.29 is 18.1 Å². The van der Waals surface area contributed by atoms with Crippen LogP contribution in [0, 0.1) is 18.6 Å². The molecule has 7 heteroatoms. The summed E-state index contributed by atoms with van der Waals surface area (Å²) in [5, 5.41) is 6.21. The van der Waals surface area contributed by atoms with Gasteiger partial charge in [0, 0.05) is 17.7 Å². The van der Waals surface area contributed by atoms with Gasteiger partial charge in [0.05, 0.1) is 12.2 Å². The zero-order valence-electron chi connectivity index (χ0n) is 12.6. The Hall–Kier alpha value is -2.28. The Balaban J connectivity index is 2.00. The van der Waals surface area contributed by atoms with Crippen LogP contribution in [0.3, 0.4) is 0 Å². The Labute approximate surface area is 126 Å². The predicted molar refractivity (Wildman–Crippen MR) is 77.3 cm³/mol.